The lowest BCUT2D eigenvalue weighted by Crippen LogP contribution is -2.30. The van der Waals surface area contributed by atoms with Crippen molar-refractivity contribution < 1.29 is 4.79 Å². The second kappa shape index (κ2) is 13.7. The number of nitrogens with one attached hydrogen (secondary N) is 2. The van der Waals surface area contributed by atoms with E-state index in [2.05, 4.69) is 37.3 Å². The lowest BCUT2D eigenvalue weighted by molar-refractivity contribution is 0.227. The summed E-state index contributed by atoms with van der Waals surface area (Å²) in [5.41, 5.74) is 15.5. The zero-order chi connectivity index (χ0) is 26.7. The van der Waals surface area contributed by atoms with Crippen LogP contribution in [0.25, 0.3) is 11.1 Å². The molecule has 0 bridgehead atoms. The molecule has 38 heavy (non-hydrogen) atoms. The summed E-state index contributed by atoms with van der Waals surface area (Å²) in [6.07, 6.45) is 6.37. The van der Waals surface area contributed by atoms with Crippen LogP contribution in [-0.2, 0) is 13.0 Å². The van der Waals surface area contributed by atoms with E-state index in [0.717, 1.165) is 41.6 Å². The standard InChI is InChI=1S/C29H34ClN7O/c30-26-25(11-4-1-2-5-16-37-17-6-3-7-18-37)27(36-28(31)35-26)33-20-21-12-14-22(15-13-21)23-9-8-10-24(19-23)34-29(32)38/h8-10,12-15,19H,2-3,5-7,11,16-18,20H2,(H3,32,34,38)(H3,31,33,35,36). The SMILES string of the molecule is NC(=O)Nc1cccc(-c2ccc(CNc3nc(N)nc(Cl)c3CC#CCCCN3CCCCC3)cc2)c1. The quantitative estimate of drug-likeness (QED) is 0.169. The van der Waals surface area contributed by atoms with E-state index in [4.69, 9.17) is 23.1 Å². The molecule has 1 aliphatic rings. The van der Waals surface area contributed by atoms with Gasteiger partial charge in [-0.1, -0.05) is 60.3 Å². The van der Waals surface area contributed by atoms with Crippen molar-refractivity contribution in [2.45, 2.75) is 45.1 Å². The van der Waals surface area contributed by atoms with Crippen LogP contribution in [0, 0.1) is 11.8 Å². The number of carbonyl (C=O) groups is 1. The van der Waals surface area contributed by atoms with Gasteiger partial charge in [0.25, 0.3) is 0 Å². The second-order valence-electron chi connectivity index (χ2n) is 9.36. The van der Waals surface area contributed by atoms with Gasteiger partial charge < -0.3 is 27.0 Å². The number of halogens is 1. The fraction of sp³-hybridized carbons (Fsp3) is 0.345. The number of hydrogen-bond donors (Lipinski definition) is 4. The number of rotatable bonds is 9. The first-order valence-electron chi connectivity index (χ1n) is 13.0. The van der Waals surface area contributed by atoms with E-state index in [1.165, 1.54) is 32.4 Å². The van der Waals surface area contributed by atoms with Gasteiger partial charge in [-0.05, 0) is 67.7 Å². The maximum atomic E-state index is 11.1. The number of piperidine rings is 1. The lowest BCUT2D eigenvalue weighted by atomic mass is 10.0. The van der Waals surface area contributed by atoms with Crippen molar-refractivity contribution in [2.24, 2.45) is 5.73 Å². The first-order chi connectivity index (χ1) is 18.5. The number of carbonyl (C=O) groups excluding carboxylic acids is 1. The summed E-state index contributed by atoms with van der Waals surface area (Å²) in [7, 11) is 0. The highest BCUT2D eigenvalue weighted by Crippen LogP contribution is 2.25. The summed E-state index contributed by atoms with van der Waals surface area (Å²) in [6.45, 7) is 4.07. The third-order valence-electron chi connectivity index (χ3n) is 6.47. The minimum Gasteiger partial charge on any atom is -0.368 e. The van der Waals surface area contributed by atoms with Gasteiger partial charge in [0.05, 0.1) is 0 Å². The van der Waals surface area contributed by atoms with E-state index in [1.54, 1.807) is 6.07 Å². The molecule has 1 saturated heterocycles. The van der Waals surface area contributed by atoms with Gasteiger partial charge >= 0.3 is 6.03 Å². The molecule has 0 saturated carbocycles. The molecule has 0 aliphatic carbocycles. The summed E-state index contributed by atoms with van der Waals surface area (Å²) < 4.78 is 0. The molecule has 9 heteroatoms. The number of nitrogens with two attached hydrogens (primary N) is 2. The Hall–Kier alpha value is -3.80. The zero-order valence-corrected chi connectivity index (χ0v) is 22.2. The Bertz CT molecular complexity index is 1290. The van der Waals surface area contributed by atoms with Gasteiger partial charge in [0, 0.05) is 30.6 Å². The lowest BCUT2D eigenvalue weighted by Gasteiger charge is -2.25. The Morgan fingerprint density at radius 1 is 1.03 bits per heavy atom. The number of urea groups is 1. The van der Waals surface area contributed by atoms with Crippen LogP contribution < -0.4 is 22.1 Å². The molecule has 0 atom stereocenters. The van der Waals surface area contributed by atoms with Crippen molar-refractivity contribution >= 4 is 35.1 Å². The van der Waals surface area contributed by atoms with Gasteiger partial charge in [-0.2, -0.15) is 4.98 Å². The molecule has 198 valence electrons. The number of nitrogen functional groups attached to an aromatic ring is 1. The first-order valence-corrected chi connectivity index (χ1v) is 13.4. The van der Waals surface area contributed by atoms with Gasteiger partial charge in [0.2, 0.25) is 5.95 Å². The average molecular weight is 532 g/mol. The summed E-state index contributed by atoms with van der Waals surface area (Å²) in [5, 5.41) is 6.27. The van der Waals surface area contributed by atoms with Crippen LogP contribution >= 0.6 is 11.6 Å². The van der Waals surface area contributed by atoms with Crippen LogP contribution in [0.5, 0.6) is 0 Å². The fourth-order valence-corrected chi connectivity index (χ4v) is 4.75. The van der Waals surface area contributed by atoms with Gasteiger partial charge in [-0.3, -0.25) is 0 Å². The van der Waals surface area contributed by atoms with E-state index < -0.39 is 6.03 Å². The fourth-order valence-electron chi connectivity index (χ4n) is 4.51. The van der Waals surface area contributed by atoms with E-state index in [-0.39, 0.29) is 5.95 Å². The van der Waals surface area contributed by atoms with Crippen molar-refractivity contribution in [1.29, 1.82) is 0 Å². The van der Waals surface area contributed by atoms with Gasteiger partial charge in [0.1, 0.15) is 11.0 Å². The Kier molecular flexibility index (Phi) is 9.79. The predicted molar refractivity (Wildman–Crippen MR) is 155 cm³/mol. The normalized spacial score (nSPS) is 13.4. The molecule has 6 N–H and O–H groups in total. The second-order valence-corrected chi connectivity index (χ2v) is 9.71. The molecule has 1 fully saturated rings. The summed E-state index contributed by atoms with van der Waals surface area (Å²) in [4.78, 5) is 22.2. The number of benzene rings is 2. The van der Waals surface area contributed by atoms with Gasteiger partial charge in [-0.15, -0.1) is 5.92 Å². The highest BCUT2D eigenvalue weighted by molar-refractivity contribution is 6.30. The molecule has 2 heterocycles. The number of primary amides is 1. The van der Waals surface area contributed by atoms with Gasteiger partial charge in [-0.25, -0.2) is 9.78 Å². The third-order valence-corrected chi connectivity index (χ3v) is 6.78. The van der Waals surface area contributed by atoms with Crippen LogP contribution in [-0.4, -0.2) is 40.5 Å². The molecule has 2 aromatic carbocycles. The minimum absolute atomic E-state index is 0.121. The maximum Gasteiger partial charge on any atom is 0.316 e. The number of unbranched alkanes of at least 4 members (excludes halogenated alkanes) is 1. The molecule has 1 aliphatic heterocycles. The van der Waals surface area contributed by atoms with Gasteiger partial charge in [0.15, 0.2) is 0 Å². The van der Waals surface area contributed by atoms with Crippen molar-refractivity contribution in [1.82, 2.24) is 14.9 Å². The van der Waals surface area contributed by atoms with E-state index in [9.17, 15) is 4.79 Å². The smallest absolute Gasteiger partial charge is 0.316 e. The minimum atomic E-state index is -0.591. The van der Waals surface area contributed by atoms with Crippen molar-refractivity contribution in [3.05, 3.63) is 64.8 Å². The molecule has 4 rings (SSSR count). The molecular weight excluding hydrogens is 498 g/mol. The predicted octanol–water partition coefficient (Wildman–Crippen LogP) is 5.29. The molecule has 0 unspecified atom stereocenters. The summed E-state index contributed by atoms with van der Waals surface area (Å²) in [6, 6.07) is 15.1. The molecular formula is C29H34ClN7O. The Labute approximate surface area is 229 Å². The molecule has 3 aromatic rings. The molecule has 1 aromatic heterocycles. The number of hydrogen-bond acceptors (Lipinski definition) is 6. The van der Waals surface area contributed by atoms with Crippen LogP contribution in [0.1, 0.15) is 43.2 Å². The summed E-state index contributed by atoms with van der Waals surface area (Å²) in [5.74, 6) is 7.22. The van der Waals surface area contributed by atoms with E-state index in [0.29, 0.717) is 29.6 Å². The Morgan fingerprint density at radius 2 is 1.82 bits per heavy atom. The van der Waals surface area contributed by atoms with E-state index >= 15 is 0 Å². The van der Waals surface area contributed by atoms with Crippen molar-refractivity contribution in [2.75, 3.05) is 36.0 Å². The third kappa shape index (κ3) is 8.10. The number of aromatic nitrogens is 2. The monoisotopic (exact) mass is 531 g/mol. The van der Waals surface area contributed by atoms with E-state index in [1.807, 2.05) is 42.5 Å². The van der Waals surface area contributed by atoms with Crippen LogP contribution in [0.15, 0.2) is 48.5 Å². The first kappa shape index (κ1) is 27.2. The number of anilines is 3. The highest BCUT2D eigenvalue weighted by Gasteiger charge is 2.12. The average Bonchev–Trinajstić information content (AvgIpc) is 2.91. The molecule has 0 spiro atoms. The molecule has 8 nitrogen and oxygen atoms in total. The van der Waals surface area contributed by atoms with Crippen molar-refractivity contribution in [3.8, 4) is 23.0 Å². The number of amides is 2. The van der Waals surface area contributed by atoms with Crippen molar-refractivity contribution in [3.63, 3.8) is 0 Å². The number of nitrogens with zero attached hydrogens (tertiary/aromatic N) is 3. The van der Waals surface area contributed by atoms with Crippen LogP contribution in [0.2, 0.25) is 5.15 Å². The summed E-state index contributed by atoms with van der Waals surface area (Å²) >= 11 is 6.41. The zero-order valence-electron chi connectivity index (χ0n) is 21.5. The molecule has 2 amide bonds. The highest BCUT2D eigenvalue weighted by atomic mass is 35.5. The molecule has 0 radical (unpaired) electrons. The number of likely N-dealkylation sites (tertiary alicyclic amines) is 1. The Balaban J connectivity index is 1.34. The van der Waals surface area contributed by atoms with Crippen LogP contribution in [0.4, 0.5) is 22.2 Å². The van der Waals surface area contributed by atoms with Crippen LogP contribution in [0.3, 0.4) is 0 Å². The maximum absolute atomic E-state index is 11.1. The topological polar surface area (TPSA) is 122 Å². The Morgan fingerprint density at radius 3 is 2.58 bits per heavy atom. The largest absolute Gasteiger partial charge is 0.368 e.